The predicted molar refractivity (Wildman–Crippen MR) is 91.2 cm³/mol. The lowest BCUT2D eigenvalue weighted by Gasteiger charge is -2.32. The molecule has 2 heterocycles. The van der Waals surface area contributed by atoms with Crippen LogP contribution < -0.4 is 4.74 Å². The predicted octanol–water partition coefficient (Wildman–Crippen LogP) is 3.48. The van der Waals surface area contributed by atoms with Crippen LogP contribution in [0.25, 0.3) is 0 Å². The van der Waals surface area contributed by atoms with Gasteiger partial charge < -0.3 is 14.2 Å². The van der Waals surface area contributed by atoms with Crippen LogP contribution in [0.3, 0.4) is 0 Å². The van der Waals surface area contributed by atoms with E-state index in [0.717, 1.165) is 31.7 Å². The summed E-state index contributed by atoms with van der Waals surface area (Å²) in [7, 11) is 0. The number of piperidine rings is 1. The Kier molecular flexibility index (Phi) is 5.18. The van der Waals surface area contributed by atoms with Crippen molar-refractivity contribution in [2.45, 2.75) is 33.1 Å². The largest absolute Gasteiger partial charge is 0.493 e. The average Bonchev–Trinajstić information content (AvgIpc) is 3.08. The Morgan fingerprint density at radius 2 is 2.33 bits per heavy atom. The molecule has 1 atom stereocenters. The number of carbonyl (C=O) groups excluding carboxylic acids is 1. The zero-order valence-corrected chi connectivity index (χ0v) is 14.3. The van der Waals surface area contributed by atoms with Crippen LogP contribution in [0.2, 0.25) is 0 Å². The second kappa shape index (κ2) is 7.51. The van der Waals surface area contributed by atoms with Gasteiger partial charge in [0.1, 0.15) is 17.1 Å². The first kappa shape index (κ1) is 16.6. The van der Waals surface area contributed by atoms with Crippen molar-refractivity contribution in [3.8, 4) is 5.75 Å². The number of nitrogens with zero attached hydrogens (tertiary/aromatic N) is 2. The molecule has 0 bridgehead atoms. The fourth-order valence-corrected chi connectivity index (χ4v) is 3.17. The number of benzene rings is 1. The molecule has 5 heteroatoms. The summed E-state index contributed by atoms with van der Waals surface area (Å²) in [6, 6.07) is 8.07. The maximum Gasteiger partial charge on any atom is 0.259 e. The van der Waals surface area contributed by atoms with Crippen molar-refractivity contribution in [1.29, 1.82) is 0 Å². The maximum absolute atomic E-state index is 12.7. The van der Waals surface area contributed by atoms with Crippen molar-refractivity contribution in [1.82, 2.24) is 10.1 Å². The van der Waals surface area contributed by atoms with E-state index >= 15 is 0 Å². The molecule has 0 radical (unpaired) electrons. The molecular weight excluding hydrogens is 304 g/mol. The molecule has 1 saturated heterocycles. The molecule has 2 aromatic rings. The van der Waals surface area contributed by atoms with Gasteiger partial charge in [-0.1, -0.05) is 24.2 Å². The number of amides is 1. The van der Waals surface area contributed by atoms with Gasteiger partial charge in [-0.05, 0) is 37.5 Å². The standard InChI is InChI=1S/C19H24N2O3/c1-3-18-17(11-20-24-18)19(22)21-9-5-7-15(12-21)13-23-16-8-4-6-14(2)10-16/h4,6,8,10-11,15H,3,5,7,9,12-13H2,1-2H3/t15-/m1/s1. The third kappa shape index (κ3) is 3.78. The molecule has 1 aromatic carbocycles. The van der Waals surface area contributed by atoms with Crippen molar-refractivity contribution in [2.24, 2.45) is 5.92 Å². The molecule has 0 unspecified atom stereocenters. The Morgan fingerprint density at radius 3 is 3.12 bits per heavy atom. The first-order chi connectivity index (χ1) is 11.7. The van der Waals surface area contributed by atoms with Gasteiger partial charge in [-0.3, -0.25) is 4.79 Å². The van der Waals surface area contributed by atoms with Crippen LogP contribution in [0.1, 0.15) is 41.4 Å². The minimum atomic E-state index is 0.0216. The molecule has 128 valence electrons. The summed E-state index contributed by atoms with van der Waals surface area (Å²) in [4.78, 5) is 14.6. The van der Waals surface area contributed by atoms with E-state index in [4.69, 9.17) is 9.26 Å². The van der Waals surface area contributed by atoms with Gasteiger partial charge in [0.15, 0.2) is 0 Å². The number of aryl methyl sites for hydroxylation is 2. The van der Waals surface area contributed by atoms with Crippen molar-refractivity contribution < 1.29 is 14.1 Å². The molecule has 0 spiro atoms. The lowest BCUT2D eigenvalue weighted by Crippen LogP contribution is -2.41. The molecule has 5 nitrogen and oxygen atoms in total. The lowest BCUT2D eigenvalue weighted by atomic mass is 9.98. The minimum Gasteiger partial charge on any atom is -0.493 e. The Bertz CT molecular complexity index is 695. The number of hydrogen-bond donors (Lipinski definition) is 0. The summed E-state index contributed by atoms with van der Waals surface area (Å²) in [5, 5.41) is 3.76. The normalized spacial score (nSPS) is 17.8. The second-order valence-electron chi connectivity index (χ2n) is 6.40. The highest BCUT2D eigenvalue weighted by atomic mass is 16.5. The first-order valence-electron chi connectivity index (χ1n) is 8.59. The monoisotopic (exact) mass is 328 g/mol. The summed E-state index contributed by atoms with van der Waals surface area (Å²) in [6.07, 6.45) is 4.29. The molecule has 1 aliphatic rings. The van der Waals surface area contributed by atoms with Crippen molar-refractivity contribution >= 4 is 5.91 Å². The zero-order chi connectivity index (χ0) is 16.9. The van der Waals surface area contributed by atoms with Crippen LogP contribution in [0.5, 0.6) is 5.75 Å². The van der Waals surface area contributed by atoms with E-state index in [0.29, 0.717) is 30.3 Å². The highest BCUT2D eigenvalue weighted by Crippen LogP contribution is 2.22. The quantitative estimate of drug-likeness (QED) is 0.843. The van der Waals surface area contributed by atoms with Crippen LogP contribution in [-0.2, 0) is 6.42 Å². The average molecular weight is 328 g/mol. The van der Waals surface area contributed by atoms with Gasteiger partial charge in [0, 0.05) is 25.4 Å². The van der Waals surface area contributed by atoms with E-state index in [-0.39, 0.29) is 5.91 Å². The molecular formula is C19H24N2O3. The maximum atomic E-state index is 12.7. The molecule has 1 aromatic heterocycles. The Labute approximate surface area is 142 Å². The number of likely N-dealkylation sites (tertiary alicyclic amines) is 1. The van der Waals surface area contributed by atoms with Crippen molar-refractivity contribution in [3.05, 3.63) is 47.3 Å². The van der Waals surface area contributed by atoms with Crippen LogP contribution in [0.4, 0.5) is 0 Å². The van der Waals surface area contributed by atoms with Crippen LogP contribution in [0.15, 0.2) is 35.0 Å². The van der Waals surface area contributed by atoms with Crippen LogP contribution in [0, 0.1) is 12.8 Å². The smallest absolute Gasteiger partial charge is 0.259 e. The van der Waals surface area contributed by atoms with Gasteiger partial charge in [0.2, 0.25) is 0 Å². The van der Waals surface area contributed by atoms with E-state index < -0.39 is 0 Å². The number of carbonyl (C=O) groups is 1. The fourth-order valence-electron chi connectivity index (χ4n) is 3.17. The topological polar surface area (TPSA) is 55.6 Å². The Balaban J connectivity index is 1.59. The number of ether oxygens (including phenoxy) is 1. The fraction of sp³-hybridized carbons (Fsp3) is 0.474. The van der Waals surface area contributed by atoms with E-state index in [9.17, 15) is 4.79 Å². The molecule has 0 N–H and O–H groups in total. The summed E-state index contributed by atoms with van der Waals surface area (Å²) in [6.45, 7) is 6.16. The number of aromatic nitrogens is 1. The molecule has 0 aliphatic carbocycles. The molecule has 1 amide bonds. The molecule has 24 heavy (non-hydrogen) atoms. The number of hydrogen-bond acceptors (Lipinski definition) is 4. The summed E-state index contributed by atoms with van der Waals surface area (Å²) < 4.78 is 11.1. The van der Waals surface area contributed by atoms with E-state index in [2.05, 4.69) is 18.1 Å². The SMILES string of the molecule is CCc1oncc1C(=O)N1CCC[C@@H](COc2cccc(C)c2)C1. The third-order valence-corrected chi connectivity index (χ3v) is 4.48. The van der Waals surface area contributed by atoms with Gasteiger partial charge >= 0.3 is 0 Å². The first-order valence-corrected chi connectivity index (χ1v) is 8.59. The summed E-state index contributed by atoms with van der Waals surface area (Å²) in [5.41, 5.74) is 1.78. The van der Waals surface area contributed by atoms with Gasteiger partial charge in [-0.2, -0.15) is 0 Å². The molecule has 3 rings (SSSR count). The van der Waals surface area contributed by atoms with Crippen molar-refractivity contribution in [3.63, 3.8) is 0 Å². The van der Waals surface area contributed by atoms with E-state index in [1.54, 1.807) is 0 Å². The Morgan fingerprint density at radius 1 is 1.46 bits per heavy atom. The van der Waals surface area contributed by atoms with Gasteiger partial charge in [0.05, 0.1) is 12.8 Å². The Hall–Kier alpha value is -2.30. The van der Waals surface area contributed by atoms with Crippen LogP contribution >= 0.6 is 0 Å². The summed E-state index contributed by atoms with van der Waals surface area (Å²) >= 11 is 0. The van der Waals surface area contributed by atoms with Gasteiger partial charge in [0.25, 0.3) is 5.91 Å². The summed E-state index contributed by atoms with van der Waals surface area (Å²) in [5.74, 6) is 1.94. The lowest BCUT2D eigenvalue weighted by molar-refractivity contribution is 0.0631. The van der Waals surface area contributed by atoms with Gasteiger partial charge in [-0.25, -0.2) is 0 Å². The zero-order valence-electron chi connectivity index (χ0n) is 14.3. The third-order valence-electron chi connectivity index (χ3n) is 4.48. The van der Waals surface area contributed by atoms with Crippen molar-refractivity contribution in [2.75, 3.05) is 19.7 Å². The minimum absolute atomic E-state index is 0.0216. The van der Waals surface area contributed by atoms with Gasteiger partial charge in [-0.15, -0.1) is 0 Å². The second-order valence-corrected chi connectivity index (χ2v) is 6.40. The highest BCUT2D eigenvalue weighted by Gasteiger charge is 2.27. The van der Waals surface area contributed by atoms with E-state index in [1.165, 1.54) is 11.8 Å². The van der Waals surface area contributed by atoms with Crippen LogP contribution in [-0.4, -0.2) is 35.7 Å². The molecule has 1 fully saturated rings. The molecule has 0 saturated carbocycles. The molecule has 1 aliphatic heterocycles. The highest BCUT2D eigenvalue weighted by molar-refractivity contribution is 5.94. The number of rotatable bonds is 5. The van der Waals surface area contributed by atoms with E-state index in [1.807, 2.05) is 30.0 Å².